The maximum atomic E-state index is 13.0. The van der Waals surface area contributed by atoms with E-state index >= 15 is 0 Å². The largest absolute Gasteiger partial charge is 0.379 e. The normalized spacial score (nSPS) is 14.6. The number of anilines is 1. The number of aromatic nitrogens is 1. The fourth-order valence-corrected chi connectivity index (χ4v) is 3.11. The number of benzene rings is 1. The molecule has 1 aliphatic rings. The molecule has 1 saturated heterocycles. The molecule has 150 valence electrons. The molecule has 28 heavy (non-hydrogen) atoms. The second-order valence-electron chi connectivity index (χ2n) is 6.56. The first-order valence-corrected chi connectivity index (χ1v) is 9.47. The van der Waals surface area contributed by atoms with Gasteiger partial charge in [0.1, 0.15) is 12.3 Å². The first-order chi connectivity index (χ1) is 13.5. The third-order valence-corrected chi connectivity index (χ3v) is 4.61. The fourth-order valence-electron chi connectivity index (χ4n) is 2.92. The summed E-state index contributed by atoms with van der Waals surface area (Å²) in [5.74, 6) is 0.327. The molecular formula is C19H23ClN4O4. The molecular weight excluding hydrogens is 384 g/mol. The molecule has 2 heterocycles. The summed E-state index contributed by atoms with van der Waals surface area (Å²) >= 11 is 6.02. The smallest absolute Gasteiger partial charge is 0.254 e. The molecule has 0 bridgehead atoms. The van der Waals surface area contributed by atoms with Crippen LogP contribution < -0.4 is 5.32 Å². The number of hydrogen-bond acceptors (Lipinski definition) is 6. The Balaban J connectivity index is 1.67. The first kappa shape index (κ1) is 20.3. The number of nitrogens with one attached hydrogen (secondary N) is 1. The number of aryl methyl sites for hydroxylation is 1. The van der Waals surface area contributed by atoms with Crippen molar-refractivity contribution in [2.75, 3.05) is 51.3 Å². The van der Waals surface area contributed by atoms with Gasteiger partial charge in [0, 0.05) is 42.8 Å². The van der Waals surface area contributed by atoms with Crippen molar-refractivity contribution in [3.63, 3.8) is 0 Å². The number of carbonyl (C=O) groups excluding carboxylic acids is 2. The van der Waals surface area contributed by atoms with Crippen LogP contribution in [-0.4, -0.2) is 72.7 Å². The Hall–Kier alpha value is -2.42. The first-order valence-electron chi connectivity index (χ1n) is 9.09. The van der Waals surface area contributed by atoms with Crippen molar-refractivity contribution in [3.8, 4) is 0 Å². The molecule has 2 amide bonds. The number of rotatable bonds is 7. The van der Waals surface area contributed by atoms with E-state index in [1.807, 2.05) is 0 Å². The Morgan fingerprint density at radius 3 is 2.75 bits per heavy atom. The third kappa shape index (κ3) is 5.79. The van der Waals surface area contributed by atoms with Gasteiger partial charge in [0.2, 0.25) is 5.91 Å². The van der Waals surface area contributed by atoms with Crippen molar-refractivity contribution in [3.05, 3.63) is 46.7 Å². The zero-order valence-electron chi connectivity index (χ0n) is 15.7. The number of carbonyl (C=O) groups is 2. The van der Waals surface area contributed by atoms with Gasteiger partial charge in [-0.1, -0.05) is 22.8 Å². The van der Waals surface area contributed by atoms with Crippen molar-refractivity contribution < 1.29 is 18.8 Å². The highest BCUT2D eigenvalue weighted by Gasteiger charge is 2.21. The molecule has 0 saturated carbocycles. The molecule has 1 N–H and O–H groups in total. The van der Waals surface area contributed by atoms with Gasteiger partial charge in [-0.25, -0.2) is 0 Å². The van der Waals surface area contributed by atoms with E-state index < -0.39 is 0 Å². The summed E-state index contributed by atoms with van der Waals surface area (Å²) in [7, 11) is 0. The van der Waals surface area contributed by atoms with Crippen LogP contribution in [-0.2, 0) is 9.53 Å². The van der Waals surface area contributed by atoms with Crippen molar-refractivity contribution >= 4 is 29.2 Å². The van der Waals surface area contributed by atoms with Gasteiger partial charge in [0.05, 0.1) is 13.2 Å². The minimum absolute atomic E-state index is 0.0956. The van der Waals surface area contributed by atoms with Crippen LogP contribution in [0, 0.1) is 6.92 Å². The average Bonchev–Trinajstić information content (AvgIpc) is 3.10. The lowest BCUT2D eigenvalue weighted by Crippen LogP contribution is -2.45. The summed E-state index contributed by atoms with van der Waals surface area (Å²) < 4.78 is 10.3. The van der Waals surface area contributed by atoms with E-state index in [2.05, 4.69) is 15.4 Å². The molecule has 0 atom stereocenters. The van der Waals surface area contributed by atoms with Crippen molar-refractivity contribution in [2.24, 2.45) is 0 Å². The van der Waals surface area contributed by atoms with Gasteiger partial charge in [-0.2, -0.15) is 0 Å². The average molecular weight is 407 g/mol. The van der Waals surface area contributed by atoms with Gasteiger partial charge in [-0.3, -0.25) is 14.5 Å². The lowest BCUT2D eigenvalue weighted by Gasteiger charge is -2.30. The van der Waals surface area contributed by atoms with E-state index in [0.717, 1.165) is 13.1 Å². The molecule has 1 aromatic heterocycles. The minimum atomic E-state index is -0.342. The van der Waals surface area contributed by atoms with E-state index in [0.29, 0.717) is 48.5 Å². The standard InChI is InChI=1S/C19H23ClN4O4/c1-14-11-17(22-28-14)21-18(25)13-24(6-5-23-7-9-27-10-8-23)19(26)15-3-2-4-16(20)12-15/h2-4,11-12H,5-10,13H2,1H3,(H,21,22,25). The van der Waals surface area contributed by atoms with E-state index in [9.17, 15) is 9.59 Å². The number of ether oxygens (including phenoxy) is 1. The molecule has 9 heteroatoms. The topological polar surface area (TPSA) is 87.9 Å². The summed E-state index contributed by atoms with van der Waals surface area (Å²) in [4.78, 5) is 29.1. The van der Waals surface area contributed by atoms with E-state index in [1.165, 1.54) is 4.90 Å². The van der Waals surface area contributed by atoms with Crippen LogP contribution in [0.5, 0.6) is 0 Å². The summed E-state index contributed by atoms with van der Waals surface area (Å²) in [6.45, 7) is 5.68. The van der Waals surface area contributed by atoms with Crippen LogP contribution in [0.15, 0.2) is 34.9 Å². The predicted molar refractivity (Wildman–Crippen MR) is 104 cm³/mol. The highest BCUT2D eigenvalue weighted by Crippen LogP contribution is 2.14. The molecule has 0 radical (unpaired) electrons. The number of nitrogens with zero attached hydrogens (tertiary/aromatic N) is 3. The van der Waals surface area contributed by atoms with Crippen molar-refractivity contribution in [1.82, 2.24) is 15.0 Å². The number of amides is 2. The molecule has 2 aromatic rings. The monoisotopic (exact) mass is 406 g/mol. The Kier molecular flexibility index (Phi) is 7.02. The number of morpholine rings is 1. The molecule has 1 aromatic carbocycles. The van der Waals surface area contributed by atoms with Crippen molar-refractivity contribution in [2.45, 2.75) is 6.92 Å². The van der Waals surface area contributed by atoms with Crippen LogP contribution in [0.25, 0.3) is 0 Å². The second-order valence-corrected chi connectivity index (χ2v) is 7.00. The Morgan fingerprint density at radius 2 is 2.07 bits per heavy atom. The van der Waals surface area contributed by atoms with Crippen LogP contribution >= 0.6 is 11.6 Å². The van der Waals surface area contributed by atoms with Crippen LogP contribution in [0.2, 0.25) is 5.02 Å². The van der Waals surface area contributed by atoms with Crippen LogP contribution in [0.3, 0.4) is 0 Å². The van der Waals surface area contributed by atoms with E-state index in [4.69, 9.17) is 20.9 Å². The predicted octanol–water partition coefficient (Wildman–Crippen LogP) is 2.05. The van der Waals surface area contributed by atoms with Crippen molar-refractivity contribution in [1.29, 1.82) is 0 Å². The molecule has 0 unspecified atom stereocenters. The van der Waals surface area contributed by atoms with Gasteiger partial charge >= 0.3 is 0 Å². The van der Waals surface area contributed by atoms with Gasteiger partial charge in [0.15, 0.2) is 5.82 Å². The van der Waals surface area contributed by atoms with E-state index in [-0.39, 0.29) is 18.4 Å². The SMILES string of the molecule is Cc1cc(NC(=O)CN(CCN2CCOCC2)C(=O)c2cccc(Cl)c2)no1. The lowest BCUT2D eigenvalue weighted by molar-refractivity contribution is -0.117. The molecule has 1 fully saturated rings. The molecule has 0 aliphatic carbocycles. The fraction of sp³-hybridized carbons (Fsp3) is 0.421. The zero-order valence-corrected chi connectivity index (χ0v) is 16.4. The minimum Gasteiger partial charge on any atom is -0.379 e. The number of halogens is 1. The van der Waals surface area contributed by atoms with Crippen LogP contribution in [0.1, 0.15) is 16.1 Å². The van der Waals surface area contributed by atoms with Gasteiger partial charge < -0.3 is 19.5 Å². The highest BCUT2D eigenvalue weighted by atomic mass is 35.5. The van der Waals surface area contributed by atoms with Crippen LogP contribution in [0.4, 0.5) is 5.82 Å². The van der Waals surface area contributed by atoms with Gasteiger partial charge in [-0.15, -0.1) is 0 Å². The number of hydrogen-bond donors (Lipinski definition) is 1. The molecule has 0 spiro atoms. The third-order valence-electron chi connectivity index (χ3n) is 4.38. The van der Waals surface area contributed by atoms with E-state index in [1.54, 1.807) is 37.3 Å². The highest BCUT2D eigenvalue weighted by molar-refractivity contribution is 6.31. The Morgan fingerprint density at radius 1 is 1.29 bits per heavy atom. The summed E-state index contributed by atoms with van der Waals surface area (Å²) in [5, 5.41) is 6.87. The van der Waals surface area contributed by atoms with Gasteiger partial charge in [0.25, 0.3) is 5.91 Å². The maximum absolute atomic E-state index is 13.0. The molecule has 1 aliphatic heterocycles. The maximum Gasteiger partial charge on any atom is 0.254 e. The lowest BCUT2D eigenvalue weighted by atomic mass is 10.2. The zero-order chi connectivity index (χ0) is 19.9. The second kappa shape index (κ2) is 9.68. The quantitative estimate of drug-likeness (QED) is 0.757. The summed E-state index contributed by atoms with van der Waals surface area (Å²) in [5.41, 5.74) is 0.444. The summed E-state index contributed by atoms with van der Waals surface area (Å²) in [6, 6.07) is 8.33. The molecule has 3 rings (SSSR count). The Labute approximate surface area is 168 Å². The molecule has 8 nitrogen and oxygen atoms in total. The Bertz CT molecular complexity index is 820. The summed E-state index contributed by atoms with van der Waals surface area (Å²) in [6.07, 6.45) is 0. The van der Waals surface area contributed by atoms with Gasteiger partial charge in [-0.05, 0) is 25.1 Å².